The van der Waals surface area contributed by atoms with E-state index in [4.69, 9.17) is 123 Å². The Bertz CT molecular complexity index is 1870. The van der Waals surface area contributed by atoms with Crippen molar-refractivity contribution in [3.05, 3.63) is 59.1 Å². The number of carboxylic acid groups (broad SMARTS) is 5. The molecule has 0 amide bonds. The number of nitrogens with two attached hydrogens (primary N) is 9. The number of aliphatic carboxylic acids is 5. The first kappa shape index (κ1) is 108. The molecule has 24 nitrogen and oxygen atoms in total. The Morgan fingerprint density at radius 1 is 0.467 bits per heavy atom. The first-order valence-electron chi connectivity index (χ1n) is 28.1. The largest absolute Gasteiger partial charge is 0.480 e. The molecule has 1 saturated heterocycles. The van der Waals surface area contributed by atoms with E-state index in [1.54, 1.807) is 46.1 Å². The molecular formula is C59H110N10O14S5Se4. The van der Waals surface area contributed by atoms with Crippen LogP contribution in [0.1, 0.15) is 70.6 Å². The summed E-state index contributed by atoms with van der Waals surface area (Å²) in [5.41, 5.74) is 47.7. The Balaban J connectivity index is -0.000000119. The number of rotatable bonds is 44. The van der Waals surface area contributed by atoms with Gasteiger partial charge in [-0.3, -0.25) is 14.4 Å². The number of carbonyl (C=O) groups is 5. The van der Waals surface area contributed by atoms with E-state index in [1.807, 2.05) is 15.4 Å². The Morgan fingerprint density at radius 3 is 1.14 bits per heavy atom. The summed E-state index contributed by atoms with van der Waals surface area (Å²) < 4.78 is 0. The molecule has 1 aliphatic rings. The maximum Gasteiger partial charge on any atom is 0.320 e. The number of terminal acetylenes is 4. The Morgan fingerprint density at radius 2 is 0.793 bits per heavy atom. The van der Waals surface area contributed by atoms with E-state index < -0.39 is 54.0 Å². The summed E-state index contributed by atoms with van der Waals surface area (Å²) >= 11 is 8.80. The minimum atomic E-state index is -0.974. The van der Waals surface area contributed by atoms with Crippen LogP contribution in [-0.4, -0.2) is 270 Å². The molecule has 0 radical (unpaired) electrons. The first-order chi connectivity index (χ1) is 43.7. The second kappa shape index (κ2) is 92.7. The first-order valence-corrected chi connectivity index (χ1v) is 41.8. The molecule has 1 aliphatic heterocycles. The number of hydrogen-bond donors (Lipinski definition) is 18. The van der Waals surface area contributed by atoms with Gasteiger partial charge in [0.05, 0.1) is 13.2 Å². The van der Waals surface area contributed by atoms with E-state index in [-0.39, 0.29) is 86.9 Å². The molecule has 0 aromatic carbocycles. The van der Waals surface area contributed by atoms with E-state index in [0.717, 1.165) is 109 Å². The number of carboxylic acids is 5. The third-order valence-electron chi connectivity index (χ3n) is 9.55. The van der Waals surface area contributed by atoms with Gasteiger partial charge < -0.3 is 59.1 Å². The summed E-state index contributed by atoms with van der Waals surface area (Å²) in [4.78, 5) is 61.4. The van der Waals surface area contributed by atoms with Gasteiger partial charge in [0.25, 0.3) is 0 Å². The SMILES string of the molecule is C#CSCCC(N)C(=O)O.C#CSCCC(N)CO.C#C[Se]CCC(N)C(=O)O.C#C[Se]CCC(N)CO.C=CSCCC(N)CO.C=CSCCCC(=O)O.C=CSCCCN.C=C[Se]CCC(N)C(=O)O.C=C[Se]CCC(N)CO.NC(CCN1CC1)C(=O)O. The van der Waals surface area contributed by atoms with Crippen molar-refractivity contribution in [2.45, 2.75) is 140 Å². The van der Waals surface area contributed by atoms with Gasteiger partial charge in [0.1, 0.15) is 12.1 Å². The third kappa shape index (κ3) is 118. The summed E-state index contributed by atoms with van der Waals surface area (Å²) in [5.74, 6) is -0.115. The Kier molecular flexibility index (Phi) is 109. The zero-order valence-electron chi connectivity index (χ0n) is 53.0. The topological polar surface area (TPSA) is 505 Å². The van der Waals surface area contributed by atoms with E-state index in [1.165, 1.54) is 23.5 Å². The third-order valence-corrected chi connectivity index (χ3v) is 18.5. The molecule has 33 heteroatoms. The maximum absolute atomic E-state index is 10.2. The summed E-state index contributed by atoms with van der Waals surface area (Å²) in [6.07, 6.45) is 27.4. The van der Waals surface area contributed by atoms with Crippen molar-refractivity contribution in [2.24, 2.45) is 51.6 Å². The quantitative estimate of drug-likeness (QED) is 0.0179. The van der Waals surface area contributed by atoms with Crippen molar-refractivity contribution >= 4 is 148 Å². The number of thioether (sulfide) groups is 5. The molecule has 0 bridgehead atoms. The molecule has 27 N–H and O–H groups in total. The summed E-state index contributed by atoms with van der Waals surface area (Å²) in [5, 5.41) is 89.2. The molecule has 0 aliphatic carbocycles. The fourth-order valence-corrected chi connectivity index (χ4v) is 11.2. The van der Waals surface area contributed by atoms with Crippen molar-refractivity contribution in [1.29, 1.82) is 0 Å². The molecule has 1 heterocycles. The summed E-state index contributed by atoms with van der Waals surface area (Å²) in [6.45, 7) is 21.9. The zero-order valence-corrected chi connectivity index (χ0v) is 64.0. The summed E-state index contributed by atoms with van der Waals surface area (Å²) in [6, 6.07) is -3.14. The van der Waals surface area contributed by atoms with Crippen molar-refractivity contribution in [2.75, 3.05) is 81.4 Å². The molecule has 0 saturated carbocycles. The number of aliphatic hydroxyl groups is 4. The molecule has 8 unspecified atom stereocenters. The van der Waals surface area contributed by atoms with Crippen LogP contribution in [-0.2, 0) is 24.0 Å². The number of hydrogen-bond acceptors (Lipinski definition) is 24. The maximum atomic E-state index is 10.2. The van der Waals surface area contributed by atoms with Crippen LogP contribution in [0.4, 0.5) is 0 Å². The fraction of sp³-hybridized carbons (Fsp3) is 0.610. The van der Waals surface area contributed by atoms with Crippen LogP contribution >= 0.6 is 58.8 Å². The van der Waals surface area contributed by atoms with Crippen molar-refractivity contribution in [1.82, 2.24) is 4.90 Å². The van der Waals surface area contributed by atoms with Crippen LogP contribution in [0.5, 0.6) is 0 Å². The molecular weight excluding hydrogens is 1550 g/mol. The van der Waals surface area contributed by atoms with E-state index in [9.17, 15) is 24.0 Å². The van der Waals surface area contributed by atoms with Crippen LogP contribution in [0.2, 0.25) is 21.3 Å². The molecule has 8 atom stereocenters. The van der Waals surface area contributed by atoms with Crippen LogP contribution in [0.15, 0.2) is 59.1 Å². The van der Waals surface area contributed by atoms with Gasteiger partial charge in [0.15, 0.2) is 0 Å². The Labute approximate surface area is 596 Å². The second-order valence-electron chi connectivity index (χ2n) is 17.4. The predicted molar refractivity (Wildman–Crippen MR) is 397 cm³/mol. The number of aliphatic hydroxyl groups excluding tert-OH is 4. The normalized spacial score (nSPS) is 12.8. The average molecular weight is 1660 g/mol. The molecule has 0 spiro atoms. The van der Waals surface area contributed by atoms with Gasteiger partial charge in [-0.15, -0.1) is 48.1 Å². The van der Waals surface area contributed by atoms with Gasteiger partial charge >= 0.3 is 273 Å². The molecule has 1 rings (SSSR count). The van der Waals surface area contributed by atoms with Crippen LogP contribution in [0.3, 0.4) is 0 Å². The van der Waals surface area contributed by atoms with Gasteiger partial charge in [-0.25, -0.2) is 0 Å². The van der Waals surface area contributed by atoms with Gasteiger partial charge in [0.2, 0.25) is 0 Å². The second-order valence-corrected chi connectivity index (χ2v) is 30.9. The van der Waals surface area contributed by atoms with E-state index in [2.05, 4.69) is 57.9 Å². The molecule has 92 heavy (non-hydrogen) atoms. The van der Waals surface area contributed by atoms with E-state index >= 15 is 0 Å². The fourth-order valence-electron chi connectivity index (χ4n) is 4.03. The van der Waals surface area contributed by atoms with Crippen molar-refractivity contribution in [3.8, 4) is 45.8 Å². The minimum Gasteiger partial charge on any atom is -0.480 e. The molecule has 0 aromatic heterocycles. The van der Waals surface area contributed by atoms with Crippen LogP contribution in [0.25, 0.3) is 0 Å². The van der Waals surface area contributed by atoms with Crippen LogP contribution in [0, 0.1) is 45.8 Å². The van der Waals surface area contributed by atoms with Crippen molar-refractivity contribution < 1.29 is 69.9 Å². The van der Waals surface area contributed by atoms with Gasteiger partial charge in [-0.05, 0) is 89.1 Å². The summed E-state index contributed by atoms with van der Waals surface area (Å²) in [7, 11) is 0. The smallest absolute Gasteiger partial charge is 0.320 e. The van der Waals surface area contributed by atoms with Crippen LogP contribution < -0.4 is 51.6 Å². The van der Waals surface area contributed by atoms with Crippen molar-refractivity contribution in [3.63, 3.8) is 0 Å². The molecule has 0 aromatic rings. The van der Waals surface area contributed by atoms with Gasteiger partial charge in [-0.2, -0.15) is 0 Å². The zero-order chi connectivity index (χ0) is 72.6. The minimum absolute atomic E-state index is 0.0215. The molecule has 534 valence electrons. The van der Waals surface area contributed by atoms with Gasteiger partial charge in [-0.1, -0.05) is 43.3 Å². The monoisotopic (exact) mass is 1660 g/mol. The standard InChI is InChI=1S/C6H12N2O2.C6H9NO2S.C6H11NO2Se.C6H9NO2Se.C6H13NOS.C6H11NOS.C6H13NOSe.C6H11NOSe.C6H10O2S.C5H11NS/c7-5(6(9)10)1-2-8-3-4-8;3*1-2-10-4-3-5(7)6(8)9;4*1-2-9-4-3-6(7)5-8;1-2-9-5-3-4-6(7)8;1-2-7-5-3-4-6/h5H,1-4,7H2,(H,9,10);1,5H,3-4,7H2,(H,8,9);2,5H,1,3-4,7H2,(H,8,9);1,5H,3-4,7H2,(H,8,9);2,6,8H,1,3-5,7H2;1,6,8H,3-5,7H2;2,6,8H,1,3-5,7H2;1,6,8H,3-5,7H2;2H,1,3-5H2,(H,7,8);2H,1,3-6H2. The predicted octanol–water partition coefficient (Wildman–Crippen LogP) is 1.68. The Hall–Kier alpha value is -2.44. The number of nitrogens with zero attached hydrogens (tertiary/aromatic N) is 1. The average Bonchev–Trinajstić information content (AvgIpc) is 2.83. The van der Waals surface area contributed by atoms with E-state index in [0.29, 0.717) is 61.3 Å². The van der Waals surface area contributed by atoms with Gasteiger partial charge in [0, 0.05) is 49.6 Å². The molecule has 1 fully saturated rings.